The highest BCUT2D eigenvalue weighted by molar-refractivity contribution is 5.75. The molecular weight excluding hydrogens is 286 g/mol. The standard InChI is InChI=1S/C20H27NO2/c22-17-12-13-18-19(15-17)23-20(21-18)14-16-10-8-6-4-2-1-3-5-7-9-11-16/h12-15,22H,1-11H2. The van der Waals surface area contributed by atoms with E-state index < -0.39 is 0 Å². The normalized spacial score (nSPS) is 18.3. The summed E-state index contributed by atoms with van der Waals surface area (Å²) in [5.41, 5.74) is 2.93. The van der Waals surface area contributed by atoms with Crippen molar-refractivity contribution in [1.29, 1.82) is 0 Å². The smallest absolute Gasteiger partial charge is 0.219 e. The lowest BCUT2D eigenvalue weighted by molar-refractivity contribution is 0.474. The summed E-state index contributed by atoms with van der Waals surface area (Å²) >= 11 is 0. The van der Waals surface area contributed by atoms with Gasteiger partial charge in [-0.3, -0.25) is 0 Å². The summed E-state index contributed by atoms with van der Waals surface area (Å²) in [6, 6.07) is 5.08. The van der Waals surface area contributed by atoms with Crippen LogP contribution in [0.5, 0.6) is 5.75 Å². The van der Waals surface area contributed by atoms with Crippen LogP contribution in [0.25, 0.3) is 17.2 Å². The van der Waals surface area contributed by atoms with Gasteiger partial charge in [0.15, 0.2) is 5.58 Å². The van der Waals surface area contributed by atoms with Gasteiger partial charge in [0.25, 0.3) is 0 Å². The lowest BCUT2D eigenvalue weighted by Crippen LogP contribution is -1.90. The molecule has 0 bridgehead atoms. The van der Waals surface area contributed by atoms with Gasteiger partial charge in [-0.1, -0.05) is 50.5 Å². The van der Waals surface area contributed by atoms with Crippen LogP contribution in [-0.2, 0) is 0 Å². The number of benzene rings is 1. The molecule has 1 aromatic heterocycles. The van der Waals surface area contributed by atoms with Gasteiger partial charge in [0, 0.05) is 6.07 Å². The molecule has 1 aliphatic carbocycles. The largest absolute Gasteiger partial charge is 0.508 e. The minimum absolute atomic E-state index is 0.221. The average Bonchev–Trinajstić information content (AvgIpc) is 2.91. The molecule has 1 N–H and O–H groups in total. The van der Waals surface area contributed by atoms with Gasteiger partial charge in [0.2, 0.25) is 5.89 Å². The Labute approximate surface area is 138 Å². The van der Waals surface area contributed by atoms with Crippen molar-refractivity contribution in [2.24, 2.45) is 0 Å². The highest BCUT2D eigenvalue weighted by Crippen LogP contribution is 2.25. The van der Waals surface area contributed by atoms with E-state index >= 15 is 0 Å². The molecule has 1 heterocycles. The van der Waals surface area contributed by atoms with E-state index in [9.17, 15) is 5.11 Å². The van der Waals surface area contributed by atoms with Gasteiger partial charge >= 0.3 is 0 Å². The number of nitrogens with zero attached hydrogens (tertiary/aromatic N) is 1. The van der Waals surface area contributed by atoms with Crippen molar-refractivity contribution in [3.05, 3.63) is 29.7 Å². The fourth-order valence-electron chi connectivity index (χ4n) is 3.38. The molecule has 3 nitrogen and oxygen atoms in total. The zero-order valence-corrected chi connectivity index (χ0v) is 13.9. The Morgan fingerprint density at radius 1 is 0.870 bits per heavy atom. The van der Waals surface area contributed by atoms with Gasteiger partial charge < -0.3 is 9.52 Å². The second-order valence-corrected chi connectivity index (χ2v) is 6.69. The fraction of sp³-hybridized carbons (Fsp3) is 0.550. The molecule has 1 aromatic carbocycles. The molecule has 3 rings (SSSR count). The average molecular weight is 313 g/mol. The van der Waals surface area contributed by atoms with Crippen molar-refractivity contribution in [2.75, 3.05) is 0 Å². The van der Waals surface area contributed by atoms with E-state index in [0.29, 0.717) is 11.5 Å². The maximum atomic E-state index is 9.53. The summed E-state index contributed by atoms with van der Waals surface area (Å²) in [6.45, 7) is 0. The molecule has 0 amide bonds. The SMILES string of the molecule is Oc1ccc2nc(C=C3CCCCCCCCCCC3)oc2c1. The van der Waals surface area contributed by atoms with Crippen LogP contribution >= 0.6 is 0 Å². The van der Waals surface area contributed by atoms with Crippen LogP contribution in [0.1, 0.15) is 76.5 Å². The van der Waals surface area contributed by atoms with E-state index in [1.165, 1.54) is 63.4 Å². The summed E-state index contributed by atoms with van der Waals surface area (Å²) in [4.78, 5) is 4.52. The molecule has 1 saturated carbocycles. The summed E-state index contributed by atoms with van der Waals surface area (Å²) in [5.74, 6) is 0.895. The maximum absolute atomic E-state index is 9.53. The Morgan fingerprint density at radius 2 is 1.48 bits per heavy atom. The summed E-state index contributed by atoms with van der Waals surface area (Å²) in [6.07, 6.45) is 16.6. The van der Waals surface area contributed by atoms with Gasteiger partial charge in [0.1, 0.15) is 11.3 Å². The Kier molecular flexibility index (Phi) is 5.73. The number of fused-ring (bicyclic) bond motifs is 1. The van der Waals surface area contributed by atoms with E-state index in [1.807, 2.05) is 0 Å². The first-order valence-electron chi connectivity index (χ1n) is 9.10. The van der Waals surface area contributed by atoms with Crippen molar-refractivity contribution in [3.63, 3.8) is 0 Å². The van der Waals surface area contributed by atoms with Crippen molar-refractivity contribution >= 4 is 17.2 Å². The van der Waals surface area contributed by atoms with Crippen LogP contribution in [0.3, 0.4) is 0 Å². The first kappa shape index (κ1) is 16.1. The molecule has 0 unspecified atom stereocenters. The van der Waals surface area contributed by atoms with Crippen LogP contribution in [0.4, 0.5) is 0 Å². The van der Waals surface area contributed by atoms with E-state index in [-0.39, 0.29) is 5.75 Å². The van der Waals surface area contributed by atoms with Crippen molar-refractivity contribution in [3.8, 4) is 5.75 Å². The van der Waals surface area contributed by atoms with Crippen LogP contribution in [0.2, 0.25) is 0 Å². The van der Waals surface area contributed by atoms with Crippen LogP contribution in [0.15, 0.2) is 28.2 Å². The first-order valence-corrected chi connectivity index (χ1v) is 9.10. The molecule has 0 spiro atoms. The van der Waals surface area contributed by atoms with E-state index in [1.54, 1.807) is 18.2 Å². The number of hydrogen-bond acceptors (Lipinski definition) is 3. The second kappa shape index (κ2) is 8.19. The highest BCUT2D eigenvalue weighted by atomic mass is 16.3. The molecule has 23 heavy (non-hydrogen) atoms. The Morgan fingerprint density at radius 3 is 2.13 bits per heavy atom. The third kappa shape index (κ3) is 4.85. The molecule has 2 aromatic rings. The molecule has 124 valence electrons. The number of allylic oxidation sites excluding steroid dienone is 1. The number of aromatic nitrogens is 1. The zero-order valence-electron chi connectivity index (χ0n) is 13.9. The highest BCUT2D eigenvalue weighted by Gasteiger charge is 2.07. The monoisotopic (exact) mass is 313 g/mol. The molecular formula is C20H27NO2. The topological polar surface area (TPSA) is 46.3 Å². The van der Waals surface area contributed by atoms with Crippen LogP contribution in [0, 0.1) is 0 Å². The Bertz CT molecular complexity index is 643. The van der Waals surface area contributed by atoms with Gasteiger partial charge in [-0.2, -0.15) is 0 Å². The second-order valence-electron chi connectivity index (χ2n) is 6.69. The van der Waals surface area contributed by atoms with Gasteiger partial charge in [0.05, 0.1) is 0 Å². The molecule has 0 saturated heterocycles. The number of aromatic hydroxyl groups is 1. The molecule has 3 heteroatoms. The Hall–Kier alpha value is -1.77. The minimum Gasteiger partial charge on any atom is -0.508 e. The van der Waals surface area contributed by atoms with Crippen LogP contribution < -0.4 is 0 Å². The van der Waals surface area contributed by atoms with Crippen molar-refractivity contribution in [1.82, 2.24) is 4.98 Å². The maximum Gasteiger partial charge on any atom is 0.219 e. The van der Waals surface area contributed by atoms with E-state index in [4.69, 9.17) is 4.42 Å². The van der Waals surface area contributed by atoms with Crippen molar-refractivity contribution < 1.29 is 9.52 Å². The summed E-state index contributed by atoms with van der Waals surface area (Å²) in [5, 5.41) is 9.53. The third-order valence-corrected chi connectivity index (χ3v) is 4.71. The minimum atomic E-state index is 0.221. The first-order chi connectivity index (χ1) is 11.3. The number of rotatable bonds is 1. The molecule has 0 aliphatic heterocycles. The third-order valence-electron chi connectivity index (χ3n) is 4.71. The lowest BCUT2D eigenvalue weighted by Gasteiger charge is -2.09. The van der Waals surface area contributed by atoms with E-state index in [0.717, 1.165) is 18.4 Å². The quantitative estimate of drug-likeness (QED) is 0.679. The Balaban J connectivity index is 1.72. The number of hydrogen-bond donors (Lipinski definition) is 1. The number of phenolic OH excluding ortho intramolecular Hbond substituents is 1. The predicted octanol–water partition coefficient (Wildman–Crippen LogP) is 6.22. The zero-order chi connectivity index (χ0) is 15.9. The molecule has 0 radical (unpaired) electrons. The lowest BCUT2D eigenvalue weighted by atomic mass is 9.97. The van der Waals surface area contributed by atoms with Gasteiger partial charge in [-0.25, -0.2) is 4.98 Å². The van der Waals surface area contributed by atoms with E-state index in [2.05, 4.69) is 11.1 Å². The van der Waals surface area contributed by atoms with Gasteiger partial charge in [-0.05, 0) is 43.9 Å². The molecule has 1 fully saturated rings. The number of oxazole rings is 1. The summed E-state index contributed by atoms with van der Waals surface area (Å²) < 4.78 is 5.78. The molecule has 0 atom stereocenters. The summed E-state index contributed by atoms with van der Waals surface area (Å²) in [7, 11) is 0. The number of phenols is 1. The molecule has 1 aliphatic rings. The fourth-order valence-corrected chi connectivity index (χ4v) is 3.38. The van der Waals surface area contributed by atoms with Crippen molar-refractivity contribution in [2.45, 2.75) is 70.6 Å². The van der Waals surface area contributed by atoms with Gasteiger partial charge in [-0.15, -0.1) is 0 Å². The predicted molar refractivity (Wildman–Crippen MR) is 94.4 cm³/mol. The van der Waals surface area contributed by atoms with Crippen LogP contribution in [-0.4, -0.2) is 10.1 Å².